The molecular weight excluding hydrogens is 228 g/mol. The predicted octanol–water partition coefficient (Wildman–Crippen LogP) is 3.87. The molecule has 0 spiro atoms. The van der Waals surface area contributed by atoms with Crippen LogP contribution in [-0.2, 0) is 4.79 Å². The van der Waals surface area contributed by atoms with Crippen LogP contribution >= 0.6 is 15.9 Å². The summed E-state index contributed by atoms with van der Waals surface area (Å²) in [6.07, 6.45) is 9.27. The molecule has 2 heteroatoms. The fourth-order valence-electron chi connectivity index (χ4n) is 1.29. The molecule has 0 fully saturated rings. The summed E-state index contributed by atoms with van der Waals surface area (Å²) in [6, 6.07) is 0. The van der Waals surface area contributed by atoms with Crippen LogP contribution in [0.2, 0.25) is 0 Å². The van der Waals surface area contributed by atoms with Crippen LogP contribution in [0.3, 0.4) is 0 Å². The first-order valence-corrected chi connectivity index (χ1v) is 5.74. The standard InChI is InChI=1S/C11H19BrO/c1-3-5-6-7-9-11(12,10-13)8-4-2/h4,10H,2-3,5-9H2,1H3. The number of alkyl halides is 1. The monoisotopic (exact) mass is 246 g/mol. The van der Waals surface area contributed by atoms with Crippen LogP contribution in [0.5, 0.6) is 0 Å². The minimum absolute atomic E-state index is 0.345. The number of unbranched alkanes of at least 4 members (excludes halogenated alkanes) is 3. The first-order valence-electron chi connectivity index (χ1n) is 4.94. The summed E-state index contributed by atoms with van der Waals surface area (Å²) < 4.78 is -0.345. The van der Waals surface area contributed by atoms with E-state index in [1.54, 1.807) is 6.08 Å². The van der Waals surface area contributed by atoms with E-state index in [1.165, 1.54) is 19.3 Å². The van der Waals surface area contributed by atoms with Gasteiger partial charge in [-0.25, -0.2) is 0 Å². The fraction of sp³-hybridized carbons (Fsp3) is 0.727. The summed E-state index contributed by atoms with van der Waals surface area (Å²) in [5.74, 6) is 0. The van der Waals surface area contributed by atoms with Gasteiger partial charge in [0.25, 0.3) is 0 Å². The molecule has 0 amide bonds. The Morgan fingerprint density at radius 3 is 2.54 bits per heavy atom. The number of allylic oxidation sites excluding steroid dienone is 1. The maximum Gasteiger partial charge on any atom is 0.137 e. The van der Waals surface area contributed by atoms with Crippen LogP contribution in [0.15, 0.2) is 12.7 Å². The number of aldehydes is 1. The van der Waals surface area contributed by atoms with Crippen LogP contribution in [-0.4, -0.2) is 10.6 Å². The van der Waals surface area contributed by atoms with Gasteiger partial charge in [-0.3, -0.25) is 0 Å². The quantitative estimate of drug-likeness (QED) is 0.275. The summed E-state index contributed by atoms with van der Waals surface area (Å²) in [4.78, 5) is 10.8. The zero-order chi connectivity index (χ0) is 10.2. The Morgan fingerprint density at radius 2 is 2.08 bits per heavy atom. The van der Waals surface area contributed by atoms with Gasteiger partial charge >= 0.3 is 0 Å². The first kappa shape index (κ1) is 12.9. The fourth-order valence-corrected chi connectivity index (χ4v) is 1.80. The maximum atomic E-state index is 10.8. The molecule has 1 nitrogen and oxygen atoms in total. The lowest BCUT2D eigenvalue weighted by molar-refractivity contribution is -0.109. The molecule has 0 heterocycles. The topological polar surface area (TPSA) is 17.1 Å². The highest BCUT2D eigenvalue weighted by atomic mass is 79.9. The van der Waals surface area contributed by atoms with E-state index in [-0.39, 0.29) is 4.32 Å². The summed E-state index contributed by atoms with van der Waals surface area (Å²) >= 11 is 3.46. The summed E-state index contributed by atoms with van der Waals surface area (Å²) in [5.41, 5.74) is 0. The van der Waals surface area contributed by atoms with Gasteiger partial charge in [0.15, 0.2) is 0 Å². The lowest BCUT2D eigenvalue weighted by Gasteiger charge is -2.18. The van der Waals surface area contributed by atoms with Crippen LogP contribution in [0.25, 0.3) is 0 Å². The molecule has 0 saturated carbocycles. The Bertz CT molecular complexity index is 156. The Morgan fingerprint density at radius 1 is 1.38 bits per heavy atom. The van der Waals surface area contributed by atoms with Crippen LogP contribution in [0, 0.1) is 0 Å². The van der Waals surface area contributed by atoms with Crippen LogP contribution in [0.4, 0.5) is 0 Å². The van der Waals surface area contributed by atoms with Crippen molar-refractivity contribution in [3.05, 3.63) is 12.7 Å². The highest BCUT2D eigenvalue weighted by Crippen LogP contribution is 2.27. The normalized spacial score (nSPS) is 14.9. The van der Waals surface area contributed by atoms with Gasteiger partial charge in [-0.05, 0) is 12.8 Å². The summed E-state index contributed by atoms with van der Waals surface area (Å²) in [5, 5.41) is 0. The third-order valence-electron chi connectivity index (χ3n) is 2.14. The lowest BCUT2D eigenvalue weighted by Crippen LogP contribution is -2.21. The summed E-state index contributed by atoms with van der Waals surface area (Å²) in [6.45, 7) is 5.83. The maximum absolute atomic E-state index is 10.8. The third-order valence-corrected chi connectivity index (χ3v) is 3.05. The van der Waals surface area contributed by atoms with Crippen molar-refractivity contribution in [2.45, 2.75) is 49.8 Å². The lowest BCUT2D eigenvalue weighted by atomic mass is 9.99. The molecule has 0 radical (unpaired) electrons. The van der Waals surface area contributed by atoms with E-state index in [1.807, 2.05) is 0 Å². The van der Waals surface area contributed by atoms with Gasteiger partial charge in [-0.1, -0.05) is 54.6 Å². The van der Waals surface area contributed by atoms with E-state index >= 15 is 0 Å². The van der Waals surface area contributed by atoms with Crippen molar-refractivity contribution >= 4 is 22.2 Å². The molecule has 0 bridgehead atoms. The van der Waals surface area contributed by atoms with Gasteiger partial charge in [-0.15, -0.1) is 6.58 Å². The smallest absolute Gasteiger partial charge is 0.137 e. The number of rotatable bonds is 8. The molecule has 0 aliphatic rings. The van der Waals surface area contributed by atoms with Crippen LogP contribution in [0.1, 0.15) is 45.4 Å². The van der Waals surface area contributed by atoms with Gasteiger partial charge in [0.2, 0.25) is 0 Å². The molecule has 0 aromatic carbocycles. The average molecular weight is 247 g/mol. The Labute approximate surface area is 89.7 Å². The van der Waals surface area contributed by atoms with Crippen molar-refractivity contribution in [2.24, 2.45) is 0 Å². The van der Waals surface area contributed by atoms with Gasteiger partial charge in [0, 0.05) is 0 Å². The zero-order valence-electron chi connectivity index (χ0n) is 8.39. The predicted molar refractivity (Wildman–Crippen MR) is 61.3 cm³/mol. The molecule has 0 rings (SSSR count). The van der Waals surface area contributed by atoms with E-state index in [2.05, 4.69) is 29.4 Å². The molecule has 0 aliphatic carbocycles. The second-order valence-corrected chi connectivity index (χ2v) is 5.04. The van der Waals surface area contributed by atoms with Crippen molar-refractivity contribution in [1.82, 2.24) is 0 Å². The molecule has 76 valence electrons. The first-order chi connectivity index (χ1) is 6.18. The number of carbonyl (C=O) groups is 1. The molecular formula is C11H19BrO. The molecule has 0 aliphatic heterocycles. The second kappa shape index (κ2) is 7.31. The minimum Gasteiger partial charge on any atom is -0.302 e. The van der Waals surface area contributed by atoms with Crippen molar-refractivity contribution in [3.8, 4) is 0 Å². The highest BCUT2D eigenvalue weighted by Gasteiger charge is 2.23. The van der Waals surface area contributed by atoms with E-state index < -0.39 is 0 Å². The summed E-state index contributed by atoms with van der Waals surface area (Å²) in [7, 11) is 0. The van der Waals surface area contributed by atoms with E-state index in [4.69, 9.17) is 0 Å². The average Bonchev–Trinajstić information content (AvgIpc) is 2.13. The Hall–Kier alpha value is -0.110. The van der Waals surface area contributed by atoms with E-state index in [0.717, 1.165) is 25.5 Å². The number of hydrogen-bond acceptors (Lipinski definition) is 1. The van der Waals surface area contributed by atoms with Gasteiger partial charge in [-0.2, -0.15) is 0 Å². The van der Waals surface area contributed by atoms with Gasteiger partial charge in [0.1, 0.15) is 6.29 Å². The number of carbonyl (C=O) groups excluding carboxylic acids is 1. The van der Waals surface area contributed by atoms with Gasteiger partial charge < -0.3 is 4.79 Å². The highest BCUT2D eigenvalue weighted by molar-refractivity contribution is 9.10. The Balaban J connectivity index is 3.69. The van der Waals surface area contributed by atoms with Crippen LogP contribution < -0.4 is 0 Å². The number of hydrogen-bond donors (Lipinski definition) is 0. The van der Waals surface area contributed by atoms with E-state index in [9.17, 15) is 4.79 Å². The molecule has 0 N–H and O–H groups in total. The molecule has 0 saturated heterocycles. The van der Waals surface area contributed by atoms with Gasteiger partial charge in [0.05, 0.1) is 4.32 Å². The zero-order valence-corrected chi connectivity index (χ0v) is 9.98. The molecule has 0 aromatic heterocycles. The third kappa shape index (κ3) is 6.03. The molecule has 0 aromatic rings. The molecule has 1 atom stereocenters. The van der Waals surface area contributed by atoms with Crippen molar-refractivity contribution < 1.29 is 4.79 Å². The molecule has 1 unspecified atom stereocenters. The number of halogens is 1. The van der Waals surface area contributed by atoms with E-state index in [0.29, 0.717) is 0 Å². The molecule has 13 heavy (non-hydrogen) atoms. The van der Waals surface area contributed by atoms with Crippen molar-refractivity contribution in [2.75, 3.05) is 0 Å². The van der Waals surface area contributed by atoms with Crippen molar-refractivity contribution in [3.63, 3.8) is 0 Å². The van der Waals surface area contributed by atoms with Crippen molar-refractivity contribution in [1.29, 1.82) is 0 Å². The Kier molecular flexibility index (Phi) is 7.25. The largest absolute Gasteiger partial charge is 0.302 e. The SMILES string of the molecule is C=CCC(Br)(C=O)CCCCCC. The second-order valence-electron chi connectivity index (χ2n) is 3.46. The minimum atomic E-state index is -0.345.